The van der Waals surface area contributed by atoms with E-state index in [2.05, 4.69) is 34.4 Å². The number of phenolic OH excluding ortho intramolecular Hbond substituents is 1. The van der Waals surface area contributed by atoms with E-state index in [9.17, 15) is 9.50 Å². The lowest BCUT2D eigenvalue weighted by molar-refractivity contribution is 0.410. The smallest absolute Gasteiger partial charge is 0.227 e. The van der Waals surface area contributed by atoms with E-state index in [1.54, 1.807) is 6.33 Å². The Morgan fingerprint density at radius 3 is 2.73 bits per heavy atom. The summed E-state index contributed by atoms with van der Waals surface area (Å²) in [6, 6.07) is 4.60. The Kier molecular flexibility index (Phi) is 5.72. The molecule has 1 aromatic carbocycles. The van der Waals surface area contributed by atoms with Gasteiger partial charge in [-0.15, -0.1) is 0 Å². The number of anilines is 2. The first-order valence-electron chi connectivity index (χ1n) is 10.4. The van der Waals surface area contributed by atoms with E-state index in [1.807, 2.05) is 4.57 Å². The number of nitrogens with zero attached hydrogens (tertiary/aromatic N) is 4. The molecule has 0 radical (unpaired) electrons. The fourth-order valence-electron chi connectivity index (χ4n) is 3.80. The van der Waals surface area contributed by atoms with Crippen molar-refractivity contribution in [3.05, 3.63) is 35.9 Å². The van der Waals surface area contributed by atoms with E-state index in [-0.39, 0.29) is 30.4 Å². The van der Waals surface area contributed by atoms with Crippen LogP contribution in [0.1, 0.15) is 51.1 Å². The molecule has 0 amide bonds. The molecule has 0 aliphatic heterocycles. The third kappa shape index (κ3) is 4.30. The van der Waals surface area contributed by atoms with Gasteiger partial charge >= 0.3 is 0 Å². The first-order chi connectivity index (χ1) is 14.4. The predicted molar refractivity (Wildman–Crippen MR) is 115 cm³/mol. The van der Waals surface area contributed by atoms with E-state index in [0.29, 0.717) is 22.8 Å². The summed E-state index contributed by atoms with van der Waals surface area (Å²) in [5.41, 5.74) is 7.82. The van der Waals surface area contributed by atoms with Crippen molar-refractivity contribution in [2.75, 3.05) is 10.6 Å². The summed E-state index contributed by atoms with van der Waals surface area (Å²) in [7, 11) is 0. The number of halogens is 1. The van der Waals surface area contributed by atoms with Crippen LogP contribution in [0.3, 0.4) is 0 Å². The van der Waals surface area contributed by atoms with Gasteiger partial charge in [0.2, 0.25) is 5.95 Å². The van der Waals surface area contributed by atoms with Gasteiger partial charge in [0.15, 0.2) is 17.0 Å². The second-order valence-corrected chi connectivity index (χ2v) is 8.20. The molecule has 4 rings (SSSR count). The topological polar surface area (TPSA) is 114 Å². The van der Waals surface area contributed by atoms with E-state index in [4.69, 9.17) is 10.7 Å². The normalized spacial score (nSPS) is 19.4. The lowest BCUT2D eigenvalue weighted by Gasteiger charge is -2.27. The van der Waals surface area contributed by atoms with Crippen molar-refractivity contribution in [2.45, 2.75) is 64.2 Å². The number of benzene rings is 1. The van der Waals surface area contributed by atoms with Gasteiger partial charge in [0.05, 0.1) is 6.33 Å². The maximum absolute atomic E-state index is 13.6. The third-order valence-electron chi connectivity index (χ3n) is 5.57. The molecule has 0 atom stereocenters. The van der Waals surface area contributed by atoms with Gasteiger partial charge in [-0.1, -0.05) is 0 Å². The fourth-order valence-corrected chi connectivity index (χ4v) is 3.80. The van der Waals surface area contributed by atoms with Crippen LogP contribution in [0.2, 0.25) is 0 Å². The Balaban J connectivity index is 1.64. The summed E-state index contributed by atoms with van der Waals surface area (Å²) in [6.45, 7) is 4.34. The molecular weight excluding hydrogens is 385 g/mol. The van der Waals surface area contributed by atoms with Crippen LogP contribution in [-0.4, -0.2) is 36.7 Å². The molecule has 1 saturated carbocycles. The molecule has 8 nitrogen and oxygen atoms in total. The van der Waals surface area contributed by atoms with Crippen molar-refractivity contribution in [2.24, 2.45) is 5.73 Å². The summed E-state index contributed by atoms with van der Waals surface area (Å²) in [6.07, 6.45) is 5.66. The van der Waals surface area contributed by atoms with E-state index in [0.717, 1.165) is 31.3 Å². The molecule has 9 heteroatoms. The summed E-state index contributed by atoms with van der Waals surface area (Å²) in [5, 5.41) is 16.6. The zero-order valence-corrected chi connectivity index (χ0v) is 17.3. The van der Waals surface area contributed by atoms with Gasteiger partial charge in [-0.2, -0.15) is 9.97 Å². The van der Waals surface area contributed by atoms with Crippen molar-refractivity contribution in [3.63, 3.8) is 0 Å². The molecule has 2 aromatic heterocycles. The molecule has 3 aromatic rings. The highest BCUT2D eigenvalue weighted by Crippen LogP contribution is 2.27. The highest BCUT2D eigenvalue weighted by molar-refractivity contribution is 5.84. The lowest BCUT2D eigenvalue weighted by atomic mass is 9.92. The molecule has 30 heavy (non-hydrogen) atoms. The number of imidazole rings is 1. The maximum Gasteiger partial charge on any atom is 0.227 e. The molecule has 1 fully saturated rings. The molecule has 1 aliphatic carbocycles. The first-order valence-corrected chi connectivity index (χ1v) is 10.4. The minimum Gasteiger partial charge on any atom is -0.508 e. The van der Waals surface area contributed by atoms with Gasteiger partial charge in [-0.05, 0) is 57.7 Å². The molecule has 1 aliphatic rings. The second-order valence-electron chi connectivity index (χ2n) is 8.20. The molecule has 0 unspecified atom stereocenters. The van der Waals surface area contributed by atoms with E-state index >= 15 is 0 Å². The summed E-state index contributed by atoms with van der Waals surface area (Å²) in [5.74, 6) is 0.688. The van der Waals surface area contributed by atoms with Crippen molar-refractivity contribution in [1.82, 2.24) is 19.5 Å². The lowest BCUT2D eigenvalue weighted by Crippen LogP contribution is -2.33. The van der Waals surface area contributed by atoms with Gasteiger partial charge in [-0.3, -0.25) is 0 Å². The minimum atomic E-state index is -0.403. The molecule has 0 spiro atoms. The molecule has 160 valence electrons. The Hall–Kier alpha value is -2.94. The van der Waals surface area contributed by atoms with Crippen LogP contribution in [0.5, 0.6) is 5.75 Å². The Labute approximate surface area is 174 Å². The van der Waals surface area contributed by atoms with Crippen LogP contribution in [0.4, 0.5) is 16.2 Å². The van der Waals surface area contributed by atoms with Crippen LogP contribution in [-0.2, 0) is 6.54 Å². The monoisotopic (exact) mass is 413 g/mol. The fraction of sp³-hybridized carbons (Fsp3) is 0.476. The molecule has 0 saturated heterocycles. The van der Waals surface area contributed by atoms with Gasteiger partial charge in [0.1, 0.15) is 11.6 Å². The maximum atomic E-state index is 13.6. The zero-order valence-electron chi connectivity index (χ0n) is 17.3. The van der Waals surface area contributed by atoms with E-state index in [1.165, 1.54) is 18.2 Å². The number of nitrogens with one attached hydrogen (secondary N) is 2. The first kappa shape index (κ1) is 20.3. The predicted octanol–water partition coefficient (Wildman–Crippen LogP) is 3.55. The number of aromatic hydroxyl groups is 1. The highest BCUT2D eigenvalue weighted by Gasteiger charge is 2.21. The van der Waals surface area contributed by atoms with Crippen molar-refractivity contribution >= 4 is 22.9 Å². The highest BCUT2D eigenvalue weighted by atomic mass is 19.1. The van der Waals surface area contributed by atoms with E-state index < -0.39 is 5.82 Å². The molecule has 5 N–H and O–H groups in total. The standard InChI is InChI=1S/C21H28FN7O/c1-12(2)29-11-25-18-19(24-10-13-9-14(22)3-8-17(13)30)27-21(28-20(18)29)26-16-6-4-15(23)5-7-16/h3,8-9,11-12,15-16,30H,4-7,10,23H2,1-2H3,(H2,24,26,27,28). The summed E-state index contributed by atoms with van der Waals surface area (Å²) in [4.78, 5) is 13.8. The van der Waals surface area contributed by atoms with Crippen molar-refractivity contribution < 1.29 is 9.50 Å². The van der Waals surface area contributed by atoms with Gasteiger partial charge in [0, 0.05) is 30.2 Å². The van der Waals surface area contributed by atoms with Crippen LogP contribution in [0, 0.1) is 5.82 Å². The number of hydrogen-bond acceptors (Lipinski definition) is 7. The number of fused-ring (bicyclic) bond motifs is 1. The zero-order chi connectivity index (χ0) is 21.3. The van der Waals surface area contributed by atoms with Gasteiger partial charge in [-0.25, -0.2) is 9.37 Å². The number of rotatable bonds is 6. The average Bonchev–Trinajstić information content (AvgIpc) is 3.14. The van der Waals surface area contributed by atoms with Crippen LogP contribution in [0.25, 0.3) is 11.2 Å². The van der Waals surface area contributed by atoms with Crippen LogP contribution < -0.4 is 16.4 Å². The SMILES string of the molecule is CC(C)n1cnc2c(NCc3cc(F)ccc3O)nc(NC3CCC(N)CC3)nc21. The van der Waals surface area contributed by atoms with Gasteiger partial charge < -0.3 is 26.0 Å². The molecular formula is C21H28FN7O. The number of phenols is 1. The average molecular weight is 414 g/mol. The number of nitrogens with two attached hydrogens (primary N) is 1. The van der Waals surface area contributed by atoms with Crippen LogP contribution >= 0.6 is 0 Å². The second kappa shape index (κ2) is 8.43. The van der Waals surface area contributed by atoms with Crippen LogP contribution in [0.15, 0.2) is 24.5 Å². The quantitative estimate of drug-likeness (QED) is 0.489. The number of hydrogen-bond donors (Lipinski definition) is 4. The largest absolute Gasteiger partial charge is 0.508 e. The molecule has 2 heterocycles. The van der Waals surface area contributed by atoms with Crippen molar-refractivity contribution in [3.8, 4) is 5.75 Å². The minimum absolute atomic E-state index is 0.0267. The van der Waals surface area contributed by atoms with Gasteiger partial charge in [0.25, 0.3) is 0 Å². The Bertz CT molecular complexity index is 1030. The third-order valence-corrected chi connectivity index (χ3v) is 5.57. The summed E-state index contributed by atoms with van der Waals surface area (Å²) < 4.78 is 15.6. The number of aromatic nitrogens is 4. The summed E-state index contributed by atoms with van der Waals surface area (Å²) >= 11 is 0. The molecule has 0 bridgehead atoms. The Morgan fingerprint density at radius 1 is 1.23 bits per heavy atom. The van der Waals surface area contributed by atoms with Crippen molar-refractivity contribution in [1.29, 1.82) is 0 Å². The Morgan fingerprint density at radius 2 is 2.00 bits per heavy atom.